The summed E-state index contributed by atoms with van der Waals surface area (Å²) in [5.74, 6) is -5.99. The monoisotopic (exact) mass is 808 g/mol. The largest absolute Gasteiger partial charge is 1.00 e. The van der Waals surface area contributed by atoms with Gasteiger partial charge in [-0.15, -0.1) is 0 Å². The SMILES string of the molecule is CCCCCCCCCCCCOC(=O)C(CC(=O)[O-])S(=O)(=O)O.CCCCCCCCCCCCOC(=O)C(CC(=O)[O-])S(=O)(=O)O.[K+].[K+]. The molecular weight excluding hydrogens is 751 g/mol. The van der Waals surface area contributed by atoms with Gasteiger partial charge < -0.3 is 29.3 Å². The molecule has 18 heteroatoms. The van der Waals surface area contributed by atoms with Gasteiger partial charge >= 0.3 is 115 Å². The van der Waals surface area contributed by atoms with Crippen LogP contribution in [0.5, 0.6) is 0 Å². The van der Waals surface area contributed by atoms with Crippen LogP contribution in [0.1, 0.15) is 155 Å². The van der Waals surface area contributed by atoms with Crippen molar-refractivity contribution in [1.82, 2.24) is 0 Å². The van der Waals surface area contributed by atoms with Crippen LogP contribution in [0, 0.1) is 0 Å². The van der Waals surface area contributed by atoms with Gasteiger partial charge in [0.25, 0.3) is 20.2 Å². The van der Waals surface area contributed by atoms with Crippen LogP contribution < -0.4 is 113 Å². The van der Waals surface area contributed by atoms with Crippen LogP contribution in [-0.2, 0) is 48.9 Å². The van der Waals surface area contributed by atoms with E-state index in [2.05, 4.69) is 13.8 Å². The molecule has 0 saturated heterocycles. The Balaban J connectivity index is -0.000000407. The predicted molar refractivity (Wildman–Crippen MR) is 176 cm³/mol. The van der Waals surface area contributed by atoms with Crippen LogP contribution in [0.15, 0.2) is 0 Å². The molecule has 0 aromatic rings. The van der Waals surface area contributed by atoms with Crippen molar-refractivity contribution in [3.8, 4) is 0 Å². The maximum Gasteiger partial charge on any atom is 1.00 e. The number of ether oxygens (including phenoxy) is 2. The van der Waals surface area contributed by atoms with Crippen molar-refractivity contribution in [2.75, 3.05) is 13.2 Å². The molecule has 0 aliphatic carbocycles. The average Bonchev–Trinajstić information content (AvgIpc) is 2.99. The Bertz CT molecular complexity index is 1020. The summed E-state index contributed by atoms with van der Waals surface area (Å²) in [5, 5.41) is 16.6. The third kappa shape index (κ3) is 37.3. The second kappa shape index (κ2) is 36.9. The fourth-order valence-electron chi connectivity index (χ4n) is 4.63. The van der Waals surface area contributed by atoms with Crippen LogP contribution in [0.3, 0.4) is 0 Å². The number of unbranched alkanes of at least 4 members (excludes halogenated alkanes) is 18. The number of carboxylic acids is 2. The van der Waals surface area contributed by atoms with Gasteiger partial charge in [-0.2, -0.15) is 16.8 Å². The molecule has 0 aromatic carbocycles. The minimum Gasteiger partial charge on any atom is -0.550 e. The van der Waals surface area contributed by atoms with Crippen LogP contribution >= 0.6 is 0 Å². The second-order valence-electron chi connectivity index (χ2n) is 11.9. The van der Waals surface area contributed by atoms with Crippen molar-refractivity contribution in [1.29, 1.82) is 0 Å². The molecule has 0 aliphatic rings. The summed E-state index contributed by atoms with van der Waals surface area (Å²) in [6.45, 7) is 4.38. The fourth-order valence-corrected chi connectivity index (χ4v) is 5.95. The molecule has 2 unspecified atom stereocenters. The molecule has 14 nitrogen and oxygen atoms in total. The van der Waals surface area contributed by atoms with Gasteiger partial charge in [-0.3, -0.25) is 18.7 Å². The van der Waals surface area contributed by atoms with Crippen molar-refractivity contribution in [3.63, 3.8) is 0 Å². The Hall–Kier alpha value is 0.973. The maximum atomic E-state index is 11.5. The number of carboxylic acid groups (broad SMARTS) is 2. The van der Waals surface area contributed by atoms with E-state index < -0.39 is 67.5 Å². The number of aliphatic carboxylic acids is 2. The van der Waals surface area contributed by atoms with E-state index in [1.54, 1.807) is 0 Å². The minimum atomic E-state index is -4.82. The normalized spacial score (nSPS) is 12.2. The maximum absolute atomic E-state index is 11.5. The fraction of sp³-hybridized carbons (Fsp3) is 0.875. The second-order valence-corrected chi connectivity index (χ2v) is 15.1. The van der Waals surface area contributed by atoms with Crippen LogP contribution in [0.2, 0.25) is 0 Å². The van der Waals surface area contributed by atoms with E-state index >= 15 is 0 Å². The van der Waals surface area contributed by atoms with E-state index in [0.717, 1.165) is 38.5 Å². The summed E-state index contributed by atoms with van der Waals surface area (Å²) in [6.07, 6.45) is 19.8. The number of rotatable bonds is 30. The first kappa shape index (κ1) is 57.7. The van der Waals surface area contributed by atoms with Gasteiger partial charge in [0.1, 0.15) is 0 Å². The number of hydrogen-bond donors (Lipinski definition) is 2. The zero-order valence-corrected chi connectivity index (χ0v) is 38.6. The molecule has 0 heterocycles. The molecule has 284 valence electrons. The van der Waals surface area contributed by atoms with E-state index in [1.807, 2.05) is 0 Å². The molecule has 0 bridgehead atoms. The Labute approximate surface area is 385 Å². The molecule has 50 heavy (non-hydrogen) atoms. The summed E-state index contributed by atoms with van der Waals surface area (Å²) >= 11 is 0. The number of esters is 2. The van der Waals surface area contributed by atoms with Gasteiger partial charge in [0, 0.05) is 24.8 Å². The summed E-state index contributed by atoms with van der Waals surface area (Å²) in [7, 11) is -9.64. The predicted octanol–water partition coefficient (Wildman–Crippen LogP) is -2.30. The van der Waals surface area contributed by atoms with Crippen LogP contribution in [-0.4, -0.2) is 73.5 Å². The molecule has 0 rings (SSSR count). The topological polar surface area (TPSA) is 242 Å². The molecule has 0 aromatic heterocycles. The van der Waals surface area contributed by atoms with Crippen LogP contribution in [0.25, 0.3) is 0 Å². The standard InChI is InChI=1S/2C16H30O7S.2K/c2*1-2-3-4-5-6-7-8-9-10-11-12-23-16(19)14(13-15(17)18)24(20,21)22;;/h2*14H,2-13H2,1H3,(H,17,18)(H,20,21,22);;/q;;2*+1/p-2. The molecule has 0 radical (unpaired) electrons. The van der Waals surface area contributed by atoms with E-state index in [4.69, 9.17) is 18.6 Å². The van der Waals surface area contributed by atoms with Crippen molar-refractivity contribution in [3.05, 3.63) is 0 Å². The van der Waals surface area contributed by atoms with Crippen LogP contribution in [0.4, 0.5) is 0 Å². The van der Waals surface area contributed by atoms with Crippen molar-refractivity contribution < 1.29 is 168 Å². The summed E-state index contributed by atoms with van der Waals surface area (Å²) in [4.78, 5) is 43.9. The molecular formula is C32H58K2O14S2. The smallest absolute Gasteiger partial charge is 0.550 e. The Morgan fingerprint density at radius 3 is 0.900 bits per heavy atom. The van der Waals surface area contributed by atoms with Gasteiger partial charge in [-0.05, 0) is 12.8 Å². The first-order valence-electron chi connectivity index (χ1n) is 17.2. The first-order valence-corrected chi connectivity index (χ1v) is 20.2. The van der Waals surface area contributed by atoms with Crippen molar-refractivity contribution in [2.45, 2.75) is 166 Å². The van der Waals surface area contributed by atoms with Crippen molar-refractivity contribution in [2.24, 2.45) is 0 Å². The average molecular weight is 809 g/mol. The summed E-state index contributed by atoms with van der Waals surface area (Å²) < 4.78 is 71.1. The quantitative estimate of drug-likeness (QED) is 0.0336. The molecule has 0 aliphatic heterocycles. The molecule has 0 amide bonds. The number of hydrogen-bond acceptors (Lipinski definition) is 12. The van der Waals surface area contributed by atoms with Gasteiger partial charge in [-0.25, -0.2) is 0 Å². The third-order valence-electron chi connectivity index (χ3n) is 7.43. The van der Waals surface area contributed by atoms with E-state index in [-0.39, 0.29) is 116 Å². The van der Waals surface area contributed by atoms with E-state index in [1.165, 1.54) is 77.0 Å². The summed E-state index contributed by atoms with van der Waals surface area (Å²) in [6, 6.07) is 0. The molecule has 0 fully saturated rings. The zero-order chi connectivity index (χ0) is 36.8. The molecule has 2 atom stereocenters. The van der Waals surface area contributed by atoms with E-state index in [9.17, 15) is 46.2 Å². The van der Waals surface area contributed by atoms with Gasteiger partial charge in [0.2, 0.25) is 0 Å². The first-order chi connectivity index (χ1) is 22.6. The van der Waals surface area contributed by atoms with E-state index in [0.29, 0.717) is 12.8 Å². The van der Waals surface area contributed by atoms with Gasteiger partial charge in [-0.1, -0.05) is 129 Å². The summed E-state index contributed by atoms with van der Waals surface area (Å²) in [5.41, 5.74) is 0. The molecule has 2 N–H and O–H groups in total. The number of carbonyl (C=O) groups is 4. The minimum absolute atomic E-state index is 0. The van der Waals surface area contributed by atoms with Gasteiger partial charge in [0.15, 0.2) is 10.5 Å². The number of carbonyl (C=O) groups excluding carboxylic acids is 4. The Kier molecular flexibility index (Phi) is 42.6. The molecule has 0 saturated carbocycles. The molecule has 0 spiro atoms. The Morgan fingerprint density at radius 1 is 0.480 bits per heavy atom. The zero-order valence-electron chi connectivity index (χ0n) is 30.7. The third-order valence-corrected chi connectivity index (χ3v) is 9.59. The van der Waals surface area contributed by atoms with Crippen molar-refractivity contribution >= 4 is 44.1 Å². The Morgan fingerprint density at radius 2 is 0.700 bits per heavy atom. The van der Waals surface area contributed by atoms with Gasteiger partial charge in [0.05, 0.1) is 13.2 Å².